The van der Waals surface area contributed by atoms with Gasteiger partial charge in [0.1, 0.15) is 30.8 Å². The minimum Gasteiger partial charge on any atom is -0.481 e. The van der Waals surface area contributed by atoms with Gasteiger partial charge >= 0.3 is 23.9 Å². The second-order valence-electron chi connectivity index (χ2n) is 19.8. The summed E-state index contributed by atoms with van der Waals surface area (Å²) in [6.07, 6.45) is 15.3. The lowest BCUT2D eigenvalue weighted by atomic mass is 9.85. The van der Waals surface area contributed by atoms with Crippen LogP contribution in [0.4, 0.5) is 0 Å². The summed E-state index contributed by atoms with van der Waals surface area (Å²) in [7, 11) is 0. The molecule has 0 bridgehead atoms. The van der Waals surface area contributed by atoms with E-state index in [9.17, 15) is 68.1 Å². The molecule has 78 heavy (non-hydrogen) atoms. The zero-order chi connectivity index (χ0) is 58.2. The molecule has 0 aliphatic carbocycles. The fourth-order valence-corrected chi connectivity index (χ4v) is 8.11. The van der Waals surface area contributed by atoms with Crippen LogP contribution in [0.1, 0.15) is 189 Å². The predicted octanol–water partition coefficient (Wildman–Crippen LogP) is 5.60. The fourth-order valence-electron chi connectivity index (χ4n) is 8.11. The smallest absolute Gasteiger partial charge is 0.326 e. The molecule has 4 amide bonds. The molecule has 0 heterocycles. The number of Topliss-reactive ketones (excluding diaryl/α,β-unsaturated/α-hetero) is 3. The molecule has 23 heteroatoms. The Labute approximate surface area is 462 Å². The van der Waals surface area contributed by atoms with Crippen LogP contribution in [0.15, 0.2) is 0 Å². The first kappa shape index (κ1) is 72.6. The Balaban J connectivity index is 0. The van der Waals surface area contributed by atoms with Gasteiger partial charge in [0.15, 0.2) is 5.78 Å². The first-order valence-electron chi connectivity index (χ1n) is 28.2. The minimum absolute atomic E-state index is 0. The van der Waals surface area contributed by atoms with Gasteiger partial charge in [0.05, 0.1) is 39.6 Å². The average molecular weight is 1120 g/mol. The third kappa shape index (κ3) is 45.6. The number of aliphatic carboxylic acids is 4. The summed E-state index contributed by atoms with van der Waals surface area (Å²) in [5.41, 5.74) is 0. The number of rotatable bonds is 56. The number of amides is 4. The van der Waals surface area contributed by atoms with E-state index < -0.39 is 77.5 Å². The van der Waals surface area contributed by atoms with Crippen LogP contribution in [-0.2, 0) is 71.7 Å². The minimum atomic E-state index is -1.21. The lowest BCUT2D eigenvalue weighted by Crippen LogP contribution is -2.41. The van der Waals surface area contributed by atoms with Crippen LogP contribution < -0.4 is 21.3 Å². The molecule has 23 nitrogen and oxygen atoms in total. The number of ether oxygens (including phenoxy) is 4. The summed E-state index contributed by atoms with van der Waals surface area (Å²) in [6, 6.07) is -1.18. The van der Waals surface area contributed by atoms with Crippen LogP contribution in [0.25, 0.3) is 0 Å². The van der Waals surface area contributed by atoms with Crippen LogP contribution in [0.3, 0.4) is 0 Å². The number of carbonyl (C=O) groups is 11. The largest absolute Gasteiger partial charge is 0.481 e. The second-order valence-corrected chi connectivity index (χ2v) is 19.8. The third-order valence-corrected chi connectivity index (χ3v) is 12.9. The van der Waals surface area contributed by atoms with E-state index in [1.165, 1.54) is 39.0 Å². The summed E-state index contributed by atoms with van der Waals surface area (Å²) in [5.74, 6) is -8.99. The maximum absolute atomic E-state index is 13.3. The van der Waals surface area contributed by atoms with Crippen molar-refractivity contribution < 1.29 is 93.5 Å². The molecule has 0 radical (unpaired) electrons. The van der Waals surface area contributed by atoms with E-state index >= 15 is 0 Å². The summed E-state index contributed by atoms with van der Waals surface area (Å²) in [6.45, 7) is 3.87. The molecule has 0 aromatic carbocycles. The van der Waals surface area contributed by atoms with Gasteiger partial charge in [-0.1, -0.05) is 90.4 Å². The zero-order valence-electron chi connectivity index (χ0n) is 46.6. The molecule has 0 saturated carbocycles. The zero-order valence-corrected chi connectivity index (χ0v) is 46.6. The van der Waals surface area contributed by atoms with Crippen molar-refractivity contribution in [1.29, 1.82) is 0 Å². The second kappa shape index (κ2) is 48.7. The van der Waals surface area contributed by atoms with Gasteiger partial charge in [-0.2, -0.15) is 0 Å². The normalized spacial score (nSPS) is 12.6. The van der Waals surface area contributed by atoms with E-state index in [0.717, 1.165) is 51.4 Å². The molecule has 4 atom stereocenters. The standard InChI is InChI=1S/C55H94N4O19.H2/c1-41(42(2)60)19-17-18-28-58-54(72)44(23-27-53(70)71)38-47(62)43(22-26-52(68)69)37-45(61)39-77-35-33-76-32-30-57-50(65)40-78-36-34-75-31-29-56-48(63)25-24-46(55(73)74)59-49(64)20-15-13-11-9-7-5-3-4-6-8-10-12-14-16-21-51(66)67;/h41,43-44,46H,3-40H2,1-2H3,(H,56,63)(H,57,65)(H,58,72)(H,59,64)(H,66,67)(H,68,69)(H,70,71)(H,73,74);1H/t41-,43+,44+,46-;/m0./s1. The monoisotopic (exact) mass is 1120 g/mol. The summed E-state index contributed by atoms with van der Waals surface area (Å²) in [4.78, 5) is 132. The van der Waals surface area contributed by atoms with Crippen molar-refractivity contribution in [3.8, 4) is 0 Å². The highest BCUT2D eigenvalue weighted by Crippen LogP contribution is 2.22. The molecule has 0 rings (SSSR count). The Hall–Kier alpha value is -5.39. The summed E-state index contributed by atoms with van der Waals surface area (Å²) in [5, 5.41) is 47.2. The van der Waals surface area contributed by atoms with Crippen molar-refractivity contribution in [1.82, 2.24) is 21.3 Å². The Bertz CT molecular complexity index is 1770. The number of carboxylic acid groups (broad SMARTS) is 4. The highest BCUT2D eigenvalue weighted by atomic mass is 16.5. The Morgan fingerprint density at radius 1 is 0.423 bits per heavy atom. The van der Waals surface area contributed by atoms with Crippen molar-refractivity contribution >= 4 is 64.9 Å². The van der Waals surface area contributed by atoms with Crippen LogP contribution >= 0.6 is 0 Å². The molecule has 8 N–H and O–H groups in total. The van der Waals surface area contributed by atoms with Crippen molar-refractivity contribution in [2.45, 2.75) is 193 Å². The van der Waals surface area contributed by atoms with Crippen LogP contribution in [0.5, 0.6) is 0 Å². The van der Waals surface area contributed by atoms with Gasteiger partial charge in [-0.3, -0.25) is 47.9 Å². The van der Waals surface area contributed by atoms with Gasteiger partial charge in [-0.25, -0.2) is 4.79 Å². The highest BCUT2D eigenvalue weighted by Gasteiger charge is 2.29. The van der Waals surface area contributed by atoms with Gasteiger partial charge in [0.25, 0.3) is 0 Å². The van der Waals surface area contributed by atoms with Crippen LogP contribution in [-0.4, -0.2) is 164 Å². The first-order chi connectivity index (χ1) is 37.3. The van der Waals surface area contributed by atoms with Crippen LogP contribution in [0.2, 0.25) is 0 Å². The number of carboxylic acids is 4. The number of hydrogen-bond donors (Lipinski definition) is 8. The molecule has 0 saturated heterocycles. The van der Waals surface area contributed by atoms with Crippen LogP contribution in [0, 0.1) is 17.8 Å². The topological polar surface area (TPSA) is 354 Å². The van der Waals surface area contributed by atoms with Crippen molar-refractivity contribution in [3.05, 3.63) is 0 Å². The Morgan fingerprint density at radius 3 is 1.41 bits per heavy atom. The fraction of sp³-hybridized carbons (Fsp3) is 0.800. The number of unbranched alkanes of at least 4 members (excludes halogenated alkanes) is 14. The summed E-state index contributed by atoms with van der Waals surface area (Å²) < 4.78 is 21.5. The van der Waals surface area contributed by atoms with Gasteiger partial charge in [0.2, 0.25) is 23.6 Å². The number of ketones is 3. The Morgan fingerprint density at radius 2 is 0.897 bits per heavy atom. The number of nitrogens with one attached hydrogen (secondary N) is 4. The van der Waals surface area contributed by atoms with E-state index in [1.54, 1.807) is 0 Å². The molecule has 0 aliphatic heterocycles. The lowest BCUT2D eigenvalue weighted by Gasteiger charge is -2.20. The molecule has 0 aliphatic rings. The molecular formula is C55H96N4O19. The first-order valence-corrected chi connectivity index (χ1v) is 28.2. The molecule has 0 aromatic heterocycles. The molecule has 0 spiro atoms. The van der Waals surface area contributed by atoms with E-state index in [2.05, 4.69) is 21.3 Å². The maximum Gasteiger partial charge on any atom is 0.326 e. The van der Waals surface area contributed by atoms with E-state index in [-0.39, 0.29) is 149 Å². The molecule has 0 aromatic rings. The van der Waals surface area contributed by atoms with Gasteiger partial charge in [-0.15, -0.1) is 0 Å². The van der Waals surface area contributed by atoms with Crippen molar-refractivity contribution in [2.75, 3.05) is 72.5 Å². The lowest BCUT2D eigenvalue weighted by molar-refractivity contribution is -0.142. The van der Waals surface area contributed by atoms with Gasteiger partial charge in [0, 0.05) is 83.8 Å². The molecule has 0 fully saturated rings. The highest BCUT2D eigenvalue weighted by molar-refractivity contribution is 5.92. The number of hydrogen-bond acceptors (Lipinski definition) is 15. The van der Waals surface area contributed by atoms with Crippen molar-refractivity contribution in [3.63, 3.8) is 0 Å². The van der Waals surface area contributed by atoms with E-state index in [4.69, 9.17) is 24.1 Å². The molecule has 0 unspecified atom stereocenters. The number of carbonyl (C=O) groups excluding carboxylic acids is 7. The third-order valence-electron chi connectivity index (χ3n) is 12.9. The SMILES string of the molecule is CC(=O)[C@@H](C)CCCCNC(=O)[C@H](CCC(=O)O)CC(=O)[C@H](CCC(=O)O)CC(=O)COCCOCCNC(=O)COCCOCCNC(=O)CC[C@H](NC(=O)CCCCCCCCCCCCCCCCC(=O)O)C(=O)O.[HH]. The van der Waals surface area contributed by atoms with Crippen molar-refractivity contribution in [2.24, 2.45) is 17.8 Å². The van der Waals surface area contributed by atoms with E-state index in [0.29, 0.717) is 25.7 Å². The Kier molecular flexibility index (Phi) is 45.3. The quantitative estimate of drug-likeness (QED) is 0.0344. The molecule has 450 valence electrons. The van der Waals surface area contributed by atoms with E-state index in [1.807, 2.05) is 6.92 Å². The predicted molar refractivity (Wildman–Crippen MR) is 288 cm³/mol. The molecular weight excluding hydrogens is 1020 g/mol. The van der Waals surface area contributed by atoms with Gasteiger partial charge < -0.3 is 60.6 Å². The maximum atomic E-state index is 13.3. The van der Waals surface area contributed by atoms with Gasteiger partial charge in [-0.05, 0) is 51.9 Å². The average Bonchev–Trinajstić information content (AvgIpc) is 3.38. The summed E-state index contributed by atoms with van der Waals surface area (Å²) >= 11 is 0.